The van der Waals surface area contributed by atoms with Crippen molar-refractivity contribution in [3.63, 3.8) is 0 Å². The summed E-state index contributed by atoms with van der Waals surface area (Å²) in [5.74, 6) is 0.603. The van der Waals surface area contributed by atoms with Gasteiger partial charge in [-0.2, -0.15) is 0 Å². The van der Waals surface area contributed by atoms with Crippen LogP contribution >= 0.6 is 23.2 Å². The third-order valence-corrected chi connectivity index (χ3v) is 3.46. The van der Waals surface area contributed by atoms with E-state index in [1.807, 2.05) is 0 Å². The fourth-order valence-corrected chi connectivity index (χ4v) is 2.25. The van der Waals surface area contributed by atoms with Crippen molar-refractivity contribution >= 4 is 30.3 Å². The average molecular weight is 320 g/mol. The second kappa shape index (κ2) is 9.48. The van der Waals surface area contributed by atoms with E-state index in [0.717, 1.165) is 25.7 Å². The van der Waals surface area contributed by atoms with Crippen LogP contribution < -0.4 is 10.5 Å². The minimum Gasteiger partial charge on any atom is -0.492 e. The van der Waals surface area contributed by atoms with Gasteiger partial charge in [0.1, 0.15) is 5.75 Å². The Kier molecular flexibility index (Phi) is 8.34. The van der Waals surface area contributed by atoms with Crippen LogP contribution in [0.15, 0.2) is 18.2 Å². The van der Waals surface area contributed by atoms with Gasteiger partial charge in [-0.3, -0.25) is 0 Å². The Morgan fingerprint density at radius 2 is 1.95 bits per heavy atom. The molecule has 0 aliphatic heterocycles. The maximum absolute atomic E-state index is 8.71. The van der Waals surface area contributed by atoms with Crippen molar-refractivity contribution in [1.29, 1.82) is 0 Å². The predicted octanol–water partition coefficient (Wildman–Crippen LogP) is 2.73. The summed E-state index contributed by atoms with van der Waals surface area (Å²) in [5.41, 5.74) is 5.96. The second-order valence-corrected chi connectivity index (χ2v) is 5.58. The summed E-state index contributed by atoms with van der Waals surface area (Å²) < 4.78 is 5.56. The van der Waals surface area contributed by atoms with Gasteiger partial charge < -0.3 is 20.5 Å². The fourth-order valence-electron chi connectivity index (χ4n) is 1.79. The molecule has 0 heterocycles. The third-order valence-electron chi connectivity index (χ3n) is 2.93. The molecule has 1 unspecified atom stereocenters. The lowest BCUT2D eigenvalue weighted by Crippen LogP contribution is -2.22. The summed E-state index contributed by atoms with van der Waals surface area (Å²) in [5, 5.41) is 18.5. The Hall–Kier alpha value is -0.455. The Balaban J connectivity index is 2.16. The zero-order valence-corrected chi connectivity index (χ0v) is 12.8. The summed E-state index contributed by atoms with van der Waals surface area (Å²) in [6, 6.07) is 5.14. The molecule has 0 bridgehead atoms. The number of ether oxygens (including phenoxy) is 1. The van der Waals surface area contributed by atoms with Crippen molar-refractivity contribution < 1.29 is 14.8 Å². The van der Waals surface area contributed by atoms with Crippen LogP contribution in [0.2, 0.25) is 16.4 Å². The first-order chi connectivity index (χ1) is 9.49. The maximum atomic E-state index is 8.71. The SMILES string of the molecule is NC(CCCCB(O)O)CCOc1ccc(Cl)cc1Cl. The van der Waals surface area contributed by atoms with E-state index in [0.29, 0.717) is 28.7 Å². The molecular formula is C13H20BCl2NO3. The van der Waals surface area contributed by atoms with Crippen LogP contribution in [0, 0.1) is 0 Å². The first kappa shape index (κ1) is 17.6. The van der Waals surface area contributed by atoms with E-state index >= 15 is 0 Å². The standard InChI is InChI=1S/C13H20BCl2NO3/c15-10-4-5-13(12(16)9-10)20-8-6-11(17)3-1-2-7-14(18)19/h4-5,9,11,18-19H,1-3,6-8,17H2. The predicted molar refractivity (Wildman–Crippen MR) is 83.4 cm³/mol. The van der Waals surface area contributed by atoms with Crippen LogP contribution in [0.25, 0.3) is 0 Å². The molecule has 1 atom stereocenters. The molecule has 0 saturated heterocycles. The van der Waals surface area contributed by atoms with E-state index in [1.54, 1.807) is 18.2 Å². The first-order valence-electron chi connectivity index (χ1n) is 6.68. The number of benzene rings is 1. The molecule has 1 aromatic carbocycles. The lowest BCUT2D eigenvalue weighted by atomic mass is 9.83. The van der Waals surface area contributed by atoms with Gasteiger partial charge in [-0.1, -0.05) is 36.0 Å². The minimum atomic E-state index is -1.22. The molecule has 0 spiro atoms. The van der Waals surface area contributed by atoms with E-state index in [9.17, 15) is 0 Å². The van der Waals surface area contributed by atoms with Crippen LogP contribution in [-0.4, -0.2) is 29.8 Å². The molecule has 112 valence electrons. The average Bonchev–Trinajstić information content (AvgIpc) is 2.37. The lowest BCUT2D eigenvalue weighted by molar-refractivity contribution is 0.293. The number of halogens is 2. The fraction of sp³-hybridized carbons (Fsp3) is 0.538. The van der Waals surface area contributed by atoms with Gasteiger partial charge in [-0.15, -0.1) is 0 Å². The maximum Gasteiger partial charge on any atom is 0.451 e. The summed E-state index contributed by atoms with van der Waals surface area (Å²) in [6.45, 7) is 0.491. The number of nitrogens with two attached hydrogens (primary N) is 1. The Morgan fingerprint density at radius 1 is 1.20 bits per heavy atom. The Morgan fingerprint density at radius 3 is 2.60 bits per heavy atom. The zero-order valence-electron chi connectivity index (χ0n) is 11.3. The van der Waals surface area contributed by atoms with E-state index in [1.165, 1.54) is 0 Å². The molecule has 0 aromatic heterocycles. The smallest absolute Gasteiger partial charge is 0.451 e. The van der Waals surface area contributed by atoms with E-state index < -0.39 is 7.12 Å². The van der Waals surface area contributed by atoms with Crippen molar-refractivity contribution in [3.8, 4) is 5.75 Å². The number of hydrogen-bond acceptors (Lipinski definition) is 4. The lowest BCUT2D eigenvalue weighted by Gasteiger charge is -2.13. The van der Waals surface area contributed by atoms with Crippen molar-refractivity contribution in [2.75, 3.05) is 6.61 Å². The Labute approximate surface area is 130 Å². The number of rotatable bonds is 9. The van der Waals surface area contributed by atoms with Gasteiger partial charge >= 0.3 is 7.12 Å². The van der Waals surface area contributed by atoms with Gasteiger partial charge in [0.05, 0.1) is 11.6 Å². The molecule has 0 saturated carbocycles. The van der Waals surface area contributed by atoms with Gasteiger partial charge in [0.15, 0.2) is 0 Å². The summed E-state index contributed by atoms with van der Waals surface area (Å²) in [7, 11) is -1.22. The van der Waals surface area contributed by atoms with Gasteiger partial charge in [0, 0.05) is 11.1 Å². The van der Waals surface area contributed by atoms with Gasteiger partial charge in [0.25, 0.3) is 0 Å². The molecule has 4 N–H and O–H groups in total. The summed E-state index contributed by atoms with van der Waals surface area (Å²) in [6.07, 6.45) is 3.59. The van der Waals surface area contributed by atoms with Crippen molar-refractivity contribution in [2.45, 2.75) is 38.0 Å². The third kappa shape index (κ3) is 7.36. The van der Waals surface area contributed by atoms with Crippen molar-refractivity contribution in [1.82, 2.24) is 0 Å². The van der Waals surface area contributed by atoms with Gasteiger partial charge in [-0.05, 0) is 37.4 Å². The highest BCUT2D eigenvalue weighted by atomic mass is 35.5. The van der Waals surface area contributed by atoms with Crippen molar-refractivity contribution in [2.24, 2.45) is 5.73 Å². The van der Waals surface area contributed by atoms with E-state index in [-0.39, 0.29) is 6.04 Å². The molecule has 4 nitrogen and oxygen atoms in total. The van der Waals surface area contributed by atoms with Crippen LogP contribution in [-0.2, 0) is 0 Å². The topological polar surface area (TPSA) is 75.7 Å². The van der Waals surface area contributed by atoms with E-state index in [2.05, 4.69) is 0 Å². The van der Waals surface area contributed by atoms with Crippen LogP contribution in [0.5, 0.6) is 5.75 Å². The van der Waals surface area contributed by atoms with Crippen LogP contribution in [0.1, 0.15) is 25.7 Å². The summed E-state index contributed by atoms with van der Waals surface area (Å²) in [4.78, 5) is 0. The highest BCUT2D eigenvalue weighted by molar-refractivity contribution is 6.40. The van der Waals surface area contributed by atoms with Crippen molar-refractivity contribution in [3.05, 3.63) is 28.2 Å². The van der Waals surface area contributed by atoms with Crippen LogP contribution in [0.3, 0.4) is 0 Å². The molecule has 20 heavy (non-hydrogen) atoms. The minimum absolute atomic E-state index is 0.0388. The number of unbranched alkanes of at least 4 members (excludes halogenated alkanes) is 1. The first-order valence-corrected chi connectivity index (χ1v) is 7.44. The molecule has 7 heteroatoms. The normalized spacial score (nSPS) is 12.2. The summed E-state index contributed by atoms with van der Waals surface area (Å²) >= 11 is 11.8. The van der Waals surface area contributed by atoms with E-state index in [4.69, 9.17) is 43.7 Å². The second-order valence-electron chi connectivity index (χ2n) is 4.74. The molecule has 0 aliphatic carbocycles. The molecule has 0 radical (unpaired) electrons. The molecule has 0 aliphatic rings. The number of hydrogen-bond donors (Lipinski definition) is 3. The molecule has 1 aromatic rings. The van der Waals surface area contributed by atoms with Gasteiger partial charge in [-0.25, -0.2) is 0 Å². The molecule has 0 amide bonds. The highest BCUT2D eigenvalue weighted by Gasteiger charge is 2.08. The Bertz CT molecular complexity index is 407. The van der Waals surface area contributed by atoms with Gasteiger partial charge in [0.2, 0.25) is 0 Å². The van der Waals surface area contributed by atoms with Crippen LogP contribution in [0.4, 0.5) is 0 Å². The molecule has 1 rings (SSSR count). The quantitative estimate of drug-likeness (QED) is 0.483. The zero-order chi connectivity index (χ0) is 15.0. The monoisotopic (exact) mass is 319 g/mol. The largest absolute Gasteiger partial charge is 0.492 e. The highest BCUT2D eigenvalue weighted by Crippen LogP contribution is 2.27. The molecule has 0 fully saturated rings. The molecular weight excluding hydrogens is 300 g/mol.